The summed E-state index contributed by atoms with van der Waals surface area (Å²) in [4.78, 5) is 30.9. The topological polar surface area (TPSA) is 112 Å². The highest BCUT2D eigenvalue weighted by molar-refractivity contribution is 5.77. The lowest BCUT2D eigenvalue weighted by atomic mass is 9.81. The lowest BCUT2D eigenvalue weighted by Crippen LogP contribution is -2.36. The summed E-state index contributed by atoms with van der Waals surface area (Å²) in [7, 11) is 0. The highest BCUT2D eigenvalue weighted by Gasteiger charge is 2.46. The Balaban J connectivity index is 1.27. The number of fused-ring (bicyclic) bond motifs is 1. The summed E-state index contributed by atoms with van der Waals surface area (Å²) >= 11 is 0. The van der Waals surface area contributed by atoms with Crippen molar-refractivity contribution in [3.63, 3.8) is 0 Å². The fraction of sp³-hybridized carbons (Fsp3) is 0.667. The van der Waals surface area contributed by atoms with Crippen molar-refractivity contribution >= 4 is 17.8 Å². The number of imidazole rings is 1. The Labute approximate surface area is 201 Å². The maximum absolute atomic E-state index is 13.7. The first-order valence-corrected chi connectivity index (χ1v) is 12.6. The van der Waals surface area contributed by atoms with Gasteiger partial charge in [-0.15, -0.1) is 0 Å². The molecule has 9 nitrogen and oxygen atoms in total. The number of aromatic nitrogens is 3. The number of halogens is 2. The van der Waals surface area contributed by atoms with Crippen molar-refractivity contribution in [1.82, 2.24) is 30.1 Å². The highest BCUT2D eigenvalue weighted by Crippen LogP contribution is 2.47. The van der Waals surface area contributed by atoms with E-state index in [0.29, 0.717) is 29.7 Å². The Bertz CT molecular complexity index is 1140. The number of carbonyl (C=O) groups excluding carboxylic acids is 1. The zero-order valence-electron chi connectivity index (χ0n) is 19.4. The number of alkyl halides is 2. The molecule has 11 heteroatoms. The Kier molecular flexibility index (Phi) is 5.33. The van der Waals surface area contributed by atoms with E-state index in [9.17, 15) is 23.5 Å². The van der Waals surface area contributed by atoms with Crippen LogP contribution in [0, 0.1) is 17.8 Å². The summed E-state index contributed by atoms with van der Waals surface area (Å²) in [5.41, 5.74) is 1.95. The van der Waals surface area contributed by atoms with Gasteiger partial charge in [0.2, 0.25) is 5.92 Å². The monoisotopic (exact) mass is 488 g/mol. The molecule has 3 aliphatic carbocycles. The second-order valence-corrected chi connectivity index (χ2v) is 10.7. The molecule has 3 heterocycles. The van der Waals surface area contributed by atoms with E-state index in [1.165, 1.54) is 12.8 Å². The zero-order valence-corrected chi connectivity index (χ0v) is 19.4. The van der Waals surface area contributed by atoms with Gasteiger partial charge in [-0.25, -0.2) is 27.9 Å². The van der Waals surface area contributed by atoms with Crippen LogP contribution in [-0.4, -0.2) is 55.2 Å². The first-order valence-electron chi connectivity index (χ1n) is 12.6. The molecule has 2 aromatic heterocycles. The molecule has 3 amide bonds. The summed E-state index contributed by atoms with van der Waals surface area (Å²) < 4.78 is 29.0. The standard InChI is InChI=1S/C24H30F2N6O3/c25-24(26)7-5-14(6-8-24)20(30-23(34)35)18-12-32-19(28-18)9-16(10-27-32)21(15-3-4-15)31-11-17(13-1-2-13)29-22(31)33/h9-10,12-15,17,20-21,30H,1-8,11H2,(H,29,33)(H,34,35)/t17-,20-,21+/m0/s1. The summed E-state index contributed by atoms with van der Waals surface area (Å²) in [6, 6.07) is 1.36. The lowest BCUT2D eigenvalue weighted by molar-refractivity contribution is -0.0495. The Morgan fingerprint density at radius 1 is 1.17 bits per heavy atom. The molecule has 2 aromatic rings. The molecular weight excluding hydrogens is 458 g/mol. The van der Waals surface area contributed by atoms with Crippen molar-refractivity contribution in [2.45, 2.75) is 75.4 Å². The molecule has 0 bridgehead atoms. The molecule has 4 fully saturated rings. The molecule has 3 N–H and O–H groups in total. The number of rotatable bonds is 7. The number of hydrogen-bond acceptors (Lipinski definition) is 4. The lowest BCUT2D eigenvalue weighted by Gasteiger charge is -2.32. The number of urea groups is 1. The third-order valence-electron chi connectivity index (χ3n) is 8.09. The van der Waals surface area contributed by atoms with Gasteiger partial charge in [0.1, 0.15) is 0 Å². The van der Waals surface area contributed by atoms with Gasteiger partial charge in [0.25, 0.3) is 0 Å². The minimum absolute atomic E-state index is 0.0254. The third-order valence-corrected chi connectivity index (χ3v) is 8.09. The molecule has 0 aromatic carbocycles. The number of carboxylic acid groups (broad SMARTS) is 1. The molecule has 1 aliphatic heterocycles. The normalized spacial score (nSPS) is 26.5. The van der Waals surface area contributed by atoms with Crippen LogP contribution in [0.2, 0.25) is 0 Å². The molecule has 0 spiro atoms. The average Bonchev–Trinajstić information content (AvgIpc) is 3.73. The molecule has 3 atom stereocenters. The second kappa shape index (κ2) is 8.30. The number of carbonyl (C=O) groups is 2. The van der Waals surface area contributed by atoms with E-state index < -0.39 is 18.1 Å². The molecule has 0 unspecified atom stereocenters. The first-order chi connectivity index (χ1) is 16.8. The van der Waals surface area contributed by atoms with E-state index in [0.717, 1.165) is 18.4 Å². The SMILES string of the molecule is O=C(O)N[C@H](c1cn2ncc([C@@H](C3CC3)N3C[C@@H](C4CC4)NC3=O)cc2n1)C1CCC(F)(F)CC1. The van der Waals surface area contributed by atoms with Crippen LogP contribution < -0.4 is 10.6 Å². The van der Waals surface area contributed by atoms with Crippen LogP contribution in [-0.2, 0) is 0 Å². The predicted molar refractivity (Wildman–Crippen MR) is 121 cm³/mol. The van der Waals surface area contributed by atoms with Gasteiger partial charge in [-0.05, 0) is 67.9 Å². The summed E-state index contributed by atoms with van der Waals surface area (Å²) in [6.07, 6.45) is 6.61. The zero-order chi connectivity index (χ0) is 24.3. The molecule has 3 saturated carbocycles. The van der Waals surface area contributed by atoms with E-state index in [4.69, 9.17) is 0 Å². The van der Waals surface area contributed by atoms with Gasteiger partial charge >= 0.3 is 12.1 Å². The fourth-order valence-corrected chi connectivity index (χ4v) is 5.89. The van der Waals surface area contributed by atoms with Crippen molar-refractivity contribution in [1.29, 1.82) is 0 Å². The van der Waals surface area contributed by atoms with Crippen LogP contribution >= 0.6 is 0 Å². The first kappa shape index (κ1) is 22.5. The number of hydrogen-bond donors (Lipinski definition) is 3. The van der Waals surface area contributed by atoms with Crippen LogP contribution in [0.4, 0.5) is 18.4 Å². The van der Waals surface area contributed by atoms with Crippen molar-refractivity contribution < 1.29 is 23.5 Å². The maximum atomic E-state index is 13.7. The fourth-order valence-electron chi connectivity index (χ4n) is 5.89. The van der Waals surface area contributed by atoms with E-state index in [-0.39, 0.29) is 49.7 Å². The molecule has 188 valence electrons. The maximum Gasteiger partial charge on any atom is 0.405 e. The van der Waals surface area contributed by atoms with Gasteiger partial charge in [-0.1, -0.05) is 0 Å². The molecule has 4 aliphatic rings. The van der Waals surface area contributed by atoms with E-state index in [1.807, 2.05) is 11.0 Å². The summed E-state index contributed by atoms with van der Waals surface area (Å²) in [6.45, 7) is 0.701. The van der Waals surface area contributed by atoms with Crippen LogP contribution in [0.5, 0.6) is 0 Å². The van der Waals surface area contributed by atoms with Gasteiger partial charge in [0, 0.05) is 19.4 Å². The molecule has 35 heavy (non-hydrogen) atoms. The van der Waals surface area contributed by atoms with Gasteiger partial charge in [0.05, 0.1) is 36.2 Å². The minimum Gasteiger partial charge on any atom is -0.465 e. The molecule has 0 radical (unpaired) electrons. The number of amides is 3. The van der Waals surface area contributed by atoms with Gasteiger partial charge in [-0.3, -0.25) is 0 Å². The van der Waals surface area contributed by atoms with E-state index >= 15 is 0 Å². The van der Waals surface area contributed by atoms with Gasteiger partial charge in [-0.2, -0.15) is 5.10 Å². The molecular formula is C24H30F2N6O3. The quantitative estimate of drug-likeness (QED) is 0.543. The van der Waals surface area contributed by atoms with Gasteiger partial charge in [0.15, 0.2) is 5.65 Å². The number of nitrogens with one attached hydrogen (secondary N) is 2. The van der Waals surface area contributed by atoms with Crippen molar-refractivity contribution in [2.24, 2.45) is 17.8 Å². The second-order valence-electron chi connectivity index (χ2n) is 10.7. The molecule has 6 rings (SSSR count). The largest absolute Gasteiger partial charge is 0.465 e. The average molecular weight is 489 g/mol. The molecule has 1 saturated heterocycles. The van der Waals surface area contributed by atoms with Crippen LogP contribution in [0.25, 0.3) is 5.65 Å². The van der Waals surface area contributed by atoms with Gasteiger partial charge < -0.3 is 20.6 Å². The van der Waals surface area contributed by atoms with Crippen molar-refractivity contribution in [3.8, 4) is 0 Å². The van der Waals surface area contributed by atoms with Crippen LogP contribution in [0.1, 0.15) is 74.7 Å². The van der Waals surface area contributed by atoms with E-state index in [2.05, 4.69) is 20.7 Å². The predicted octanol–water partition coefficient (Wildman–Crippen LogP) is 4.12. The Hall–Kier alpha value is -2.98. The Morgan fingerprint density at radius 2 is 1.91 bits per heavy atom. The van der Waals surface area contributed by atoms with Crippen molar-refractivity contribution in [3.05, 3.63) is 29.7 Å². The Morgan fingerprint density at radius 3 is 2.57 bits per heavy atom. The third kappa shape index (κ3) is 4.52. The van der Waals surface area contributed by atoms with Crippen LogP contribution in [0.3, 0.4) is 0 Å². The van der Waals surface area contributed by atoms with E-state index in [1.54, 1.807) is 16.9 Å². The number of nitrogens with zero attached hydrogens (tertiary/aromatic N) is 4. The minimum atomic E-state index is -2.70. The summed E-state index contributed by atoms with van der Waals surface area (Å²) in [5.74, 6) is -1.99. The highest BCUT2D eigenvalue weighted by atomic mass is 19.3. The summed E-state index contributed by atoms with van der Waals surface area (Å²) in [5, 5.41) is 19.6. The van der Waals surface area contributed by atoms with Crippen LogP contribution in [0.15, 0.2) is 18.5 Å². The smallest absolute Gasteiger partial charge is 0.405 e. The van der Waals surface area contributed by atoms with Crippen molar-refractivity contribution in [2.75, 3.05) is 6.54 Å².